The lowest BCUT2D eigenvalue weighted by molar-refractivity contribution is 0.199. The molecule has 76 valence electrons. The van der Waals surface area contributed by atoms with Crippen molar-refractivity contribution in [1.82, 2.24) is 4.90 Å². The third kappa shape index (κ3) is 2.70. The van der Waals surface area contributed by atoms with Crippen LogP contribution in [-0.4, -0.2) is 24.5 Å². The molecule has 0 saturated heterocycles. The number of nitrogens with zero attached hydrogens (tertiary/aromatic N) is 1. The minimum Gasteiger partial charge on any atom is -0.303 e. The van der Waals surface area contributed by atoms with Crippen molar-refractivity contribution >= 4 is 0 Å². The molecule has 1 heteroatoms. The maximum Gasteiger partial charge on any atom is 0.00934 e. The minimum atomic E-state index is 0.956. The third-order valence-electron chi connectivity index (χ3n) is 3.76. The van der Waals surface area contributed by atoms with E-state index in [1.165, 1.54) is 45.1 Å². The molecule has 2 aliphatic carbocycles. The Bertz CT molecular complexity index is 163. The summed E-state index contributed by atoms with van der Waals surface area (Å²) < 4.78 is 0. The van der Waals surface area contributed by atoms with Crippen molar-refractivity contribution in [3.05, 3.63) is 0 Å². The number of hydrogen-bond acceptors (Lipinski definition) is 1. The van der Waals surface area contributed by atoms with Crippen LogP contribution in [0, 0.1) is 11.8 Å². The summed E-state index contributed by atoms with van der Waals surface area (Å²) in [5, 5.41) is 0. The van der Waals surface area contributed by atoms with E-state index in [-0.39, 0.29) is 0 Å². The van der Waals surface area contributed by atoms with E-state index < -0.39 is 0 Å². The highest BCUT2D eigenvalue weighted by atomic mass is 15.2. The molecular formula is C12H23N. The molecular weight excluding hydrogens is 158 g/mol. The second-order valence-electron chi connectivity index (χ2n) is 5.31. The van der Waals surface area contributed by atoms with Gasteiger partial charge in [0.05, 0.1) is 0 Å². The average molecular weight is 181 g/mol. The summed E-state index contributed by atoms with van der Waals surface area (Å²) in [6.07, 6.45) is 8.84. The fraction of sp³-hybridized carbons (Fsp3) is 1.00. The van der Waals surface area contributed by atoms with Gasteiger partial charge in [0, 0.05) is 12.6 Å². The molecule has 2 fully saturated rings. The molecule has 0 aromatic carbocycles. The monoisotopic (exact) mass is 181 g/mol. The van der Waals surface area contributed by atoms with Crippen LogP contribution >= 0.6 is 0 Å². The van der Waals surface area contributed by atoms with Gasteiger partial charge in [-0.2, -0.15) is 0 Å². The van der Waals surface area contributed by atoms with Gasteiger partial charge in [0.1, 0.15) is 0 Å². The predicted octanol–water partition coefficient (Wildman–Crippen LogP) is 2.91. The number of hydrogen-bond donors (Lipinski definition) is 0. The molecule has 2 aliphatic rings. The van der Waals surface area contributed by atoms with E-state index >= 15 is 0 Å². The molecule has 1 nitrogen and oxygen atoms in total. The first-order chi connectivity index (χ1) is 6.25. The van der Waals surface area contributed by atoms with E-state index in [0.717, 1.165) is 17.9 Å². The first-order valence-corrected chi connectivity index (χ1v) is 5.96. The molecule has 2 rings (SSSR count). The Morgan fingerprint density at radius 3 is 2.54 bits per heavy atom. The molecule has 0 spiro atoms. The zero-order valence-corrected chi connectivity index (χ0v) is 9.13. The van der Waals surface area contributed by atoms with E-state index in [0.29, 0.717) is 0 Å². The normalized spacial score (nSPS) is 35.3. The quantitative estimate of drug-likeness (QED) is 0.647. The van der Waals surface area contributed by atoms with Crippen molar-refractivity contribution in [2.45, 2.75) is 51.5 Å². The molecule has 0 aromatic heterocycles. The Kier molecular flexibility index (Phi) is 2.92. The van der Waals surface area contributed by atoms with Crippen molar-refractivity contribution in [2.24, 2.45) is 11.8 Å². The van der Waals surface area contributed by atoms with Crippen molar-refractivity contribution in [2.75, 3.05) is 13.6 Å². The van der Waals surface area contributed by atoms with Crippen LogP contribution in [0.4, 0.5) is 0 Å². The highest BCUT2D eigenvalue weighted by Crippen LogP contribution is 2.32. The molecule has 2 saturated carbocycles. The molecule has 13 heavy (non-hydrogen) atoms. The van der Waals surface area contributed by atoms with Crippen LogP contribution in [0.5, 0.6) is 0 Å². The van der Waals surface area contributed by atoms with Gasteiger partial charge in [0.15, 0.2) is 0 Å². The minimum absolute atomic E-state index is 0.956. The van der Waals surface area contributed by atoms with Crippen molar-refractivity contribution in [3.8, 4) is 0 Å². The highest BCUT2D eigenvalue weighted by molar-refractivity contribution is 4.84. The SMILES string of the molecule is CC1CCCC(CN(C)C2CC2)C1. The van der Waals surface area contributed by atoms with Crippen molar-refractivity contribution < 1.29 is 0 Å². The molecule has 0 bridgehead atoms. The molecule has 2 atom stereocenters. The molecule has 0 aliphatic heterocycles. The van der Waals surface area contributed by atoms with Gasteiger partial charge in [-0.3, -0.25) is 0 Å². The summed E-state index contributed by atoms with van der Waals surface area (Å²) in [6.45, 7) is 3.79. The van der Waals surface area contributed by atoms with Crippen molar-refractivity contribution in [1.29, 1.82) is 0 Å². The standard InChI is InChI=1S/C12H23N/c1-10-4-3-5-11(8-10)9-13(2)12-6-7-12/h10-12H,3-9H2,1-2H3. The van der Waals surface area contributed by atoms with E-state index in [2.05, 4.69) is 18.9 Å². The second kappa shape index (κ2) is 4.00. The lowest BCUT2D eigenvalue weighted by atomic mass is 9.82. The van der Waals surface area contributed by atoms with Gasteiger partial charge in [-0.1, -0.05) is 19.8 Å². The fourth-order valence-corrected chi connectivity index (χ4v) is 2.80. The smallest absolute Gasteiger partial charge is 0.00934 e. The third-order valence-corrected chi connectivity index (χ3v) is 3.76. The van der Waals surface area contributed by atoms with E-state index in [9.17, 15) is 0 Å². The van der Waals surface area contributed by atoms with Crippen LogP contribution < -0.4 is 0 Å². The molecule has 0 N–H and O–H groups in total. The lowest BCUT2D eigenvalue weighted by Gasteiger charge is -2.30. The van der Waals surface area contributed by atoms with Gasteiger partial charge >= 0.3 is 0 Å². The van der Waals surface area contributed by atoms with Crippen LogP contribution in [0.3, 0.4) is 0 Å². The summed E-state index contributed by atoms with van der Waals surface area (Å²) in [7, 11) is 2.32. The van der Waals surface area contributed by atoms with Gasteiger partial charge in [0.25, 0.3) is 0 Å². The largest absolute Gasteiger partial charge is 0.303 e. The zero-order valence-electron chi connectivity index (χ0n) is 9.13. The Labute approximate surface area is 82.5 Å². The Morgan fingerprint density at radius 1 is 1.15 bits per heavy atom. The first kappa shape index (κ1) is 9.51. The summed E-state index contributed by atoms with van der Waals surface area (Å²) in [5.74, 6) is 2.00. The molecule has 2 unspecified atom stereocenters. The van der Waals surface area contributed by atoms with Gasteiger partial charge in [0.2, 0.25) is 0 Å². The summed E-state index contributed by atoms with van der Waals surface area (Å²) >= 11 is 0. The Hall–Kier alpha value is -0.0400. The van der Waals surface area contributed by atoms with Crippen LogP contribution in [-0.2, 0) is 0 Å². The van der Waals surface area contributed by atoms with Gasteiger partial charge in [-0.05, 0) is 44.6 Å². The second-order valence-corrected chi connectivity index (χ2v) is 5.31. The van der Waals surface area contributed by atoms with E-state index in [1.807, 2.05) is 0 Å². The Morgan fingerprint density at radius 2 is 1.92 bits per heavy atom. The van der Waals surface area contributed by atoms with Crippen LogP contribution in [0.1, 0.15) is 45.4 Å². The summed E-state index contributed by atoms with van der Waals surface area (Å²) in [6, 6.07) is 0.956. The molecule has 0 amide bonds. The fourth-order valence-electron chi connectivity index (χ4n) is 2.80. The first-order valence-electron chi connectivity index (χ1n) is 5.96. The van der Waals surface area contributed by atoms with Crippen LogP contribution in [0.25, 0.3) is 0 Å². The average Bonchev–Trinajstić information content (AvgIpc) is 2.85. The summed E-state index contributed by atoms with van der Waals surface area (Å²) in [5.41, 5.74) is 0. The van der Waals surface area contributed by atoms with Crippen molar-refractivity contribution in [3.63, 3.8) is 0 Å². The van der Waals surface area contributed by atoms with E-state index in [1.54, 1.807) is 0 Å². The van der Waals surface area contributed by atoms with E-state index in [4.69, 9.17) is 0 Å². The zero-order chi connectivity index (χ0) is 9.26. The molecule has 0 radical (unpaired) electrons. The summed E-state index contributed by atoms with van der Waals surface area (Å²) in [4.78, 5) is 2.60. The predicted molar refractivity (Wildman–Crippen MR) is 56.8 cm³/mol. The lowest BCUT2D eigenvalue weighted by Crippen LogP contribution is -2.30. The van der Waals surface area contributed by atoms with Crippen LogP contribution in [0.15, 0.2) is 0 Å². The topological polar surface area (TPSA) is 3.24 Å². The number of rotatable bonds is 3. The van der Waals surface area contributed by atoms with Gasteiger partial charge < -0.3 is 4.90 Å². The molecule has 0 aromatic rings. The van der Waals surface area contributed by atoms with Gasteiger partial charge in [-0.25, -0.2) is 0 Å². The maximum atomic E-state index is 2.60. The van der Waals surface area contributed by atoms with Gasteiger partial charge in [-0.15, -0.1) is 0 Å². The van der Waals surface area contributed by atoms with Crippen LogP contribution in [0.2, 0.25) is 0 Å². The highest BCUT2D eigenvalue weighted by Gasteiger charge is 2.28. The molecule has 0 heterocycles. The maximum absolute atomic E-state index is 2.60. The Balaban J connectivity index is 1.73.